The summed E-state index contributed by atoms with van der Waals surface area (Å²) in [5.74, 6) is -0.803. The molecule has 0 saturated carbocycles. The lowest BCUT2D eigenvalue weighted by atomic mass is 10.0. The standard InChI is InChI=1S/C30H20Cl2N2O4/c31-26-16-13-21(18-27(26)32)19-38-24-14-11-20(12-15-24)17-25-28(35)33(22-7-3-1-4-8-22)30(37)34(29(25)36)23-9-5-2-6-10-23/h1-18H,19H2. The predicted octanol–water partition coefficient (Wildman–Crippen LogP) is 7.16. The molecule has 6 nitrogen and oxygen atoms in total. The van der Waals surface area contributed by atoms with E-state index in [1.807, 2.05) is 6.07 Å². The van der Waals surface area contributed by atoms with Crippen molar-refractivity contribution in [1.29, 1.82) is 0 Å². The first-order chi connectivity index (χ1) is 18.4. The molecule has 0 bridgehead atoms. The second-order valence-corrected chi connectivity index (χ2v) is 9.21. The van der Waals surface area contributed by atoms with Crippen LogP contribution in [-0.4, -0.2) is 17.8 Å². The predicted molar refractivity (Wildman–Crippen MR) is 148 cm³/mol. The van der Waals surface area contributed by atoms with Gasteiger partial charge >= 0.3 is 6.03 Å². The Balaban J connectivity index is 1.43. The topological polar surface area (TPSA) is 66.9 Å². The molecule has 38 heavy (non-hydrogen) atoms. The van der Waals surface area contributed by atoms with Gasteiger partial charge in [0, 0.05) is 0 Å². The number of urea groups is 1. The lowest BCUT2D eigenvalue weighted by molar-refractivity contribution is -0.121. The molecular formula is C30H20Cl2N2O4. The van der Waals surface area contributed by atoms with E-state index in [1.54, 1.807) is 97.1 Å². The first kappa shape index (κ1) is 25.3. The molecule has 4 aromatic rings. The molecule has 0 spiro atoms. The number of nitrogens with zero attached hydrogens (tertiary/aromatic N) is 2. The average molecular weight is 543 g/mol. The highest BCUT2D eigenvalue weighted by Gasteiger charge is 2.43. The smallest absolute Gasteiger partial charge is 0.343 e. The van der Waals surface area contributed by atoms with Crippen LogP contribution in [0.4, 0.5) is 16.2 Å². The highest BCUT2D eigenvalue weighted by atomic mass is 35.5. The van der Waals surface area contributed by atoms with Crippen LogP contribution in [0, 0.1) is 0 Å². The van der Waals surface area contributed by atoms with Gasteiger partial charge < -0.3 is 4.74 Å². The maximum atomic E-state index is 13.5. The Hall–Kier alpha value is -4.39. The Labute approximate surface area is 229 Å². The number of imide groups is 2. The molecule has 1 aliphatic heterocycles. The van der Waals surface area contributed by atoms with Crippen molar-refractivity contribution in [3.05, 3.63) is 130 Å². The van der Waals surface area contributed by atoms with Crippen molar-refractivity contribution < 1.29 is 19.1 Å². The minimum Gasteiger partial charge on any atom is -0.489 e. The van der Waals surface area contributed by atoms with Crippen molar-refractivity contribution in [1.82, 2.24) is 0 Å². The first-order valence-corrected chi connectivity index (χ1v) is 12.4. The molecule has 4 aromatic carbocycles. The monoisotopic (exact) mass is 542 g/mol. The molecule has 4 amide bonds. The van der Waals surface area contributed by atoms with E-state index in [-0.39, 0.29) is 12.2 Å². The second-order valence-electron chi connectivity index (χ2n) is 8.40. The van der Waals surface area contributed by atoms with Crippen LogP contribution in [0.3, 0.4) is 0 Å². The minimum atomic E-state index is -0.736. The van der Waals surface area contributed by atoms with Gasteiger partial charge in [0.05, 0.1) is 21.4 Å². The summed E-state index contributed by atoms with van der Waals surface area (Å²) in [6, 6.07) is 28.5. The van der Waals surface area contributed by atoms with E-state index >= 15 is 0 Å². The summed E-state index contributed by atoms with van der Waals surface area (Å²) in [6.45, 7) is 0.286. The third kappa shape index (κ3) is 5.18. The van der Waals surface area contributed by atoms with Gasteiger partial charge in [-0.15, -0.1) is 0 Å². The zero-order valence-electron chi connectivity index (χ0n) is 19.9. The molecule has 0 aromatic heterocycles. The maximum absolute atomic E-state index is 13.5. The third-order valence-corrected chi connectivity index (χ3v) is 6.60. The van der Waals surface area contributed by atoms with Gasteiger partial charge in [-0.2, -0.15) is 0 Å². The molecule has 0 atom stereocenters. The molecule has 1 fully saturated rings. The van der Waals surface area contributed by atoms with Gasteiger partial charge in [-0.25, -0.2) is 14.6 Å². The number of benzene rings is 4. The molecule has 0 radical (unpaired) electrons. The maximum Gasteiger partial charge on any atom is 0.343 e. The minimum absolute atomic E-state index is 0.137. The molecule has 0 unspecified atom stereocenters. The van der Waals surface area contributed by atoms with Crippen LogP contribution in [-0.2, 0) is 16.2 Å². The highest BCUT2D eigenvalue weighted by molar-refractivity contribution is 6.46. The Morgan fingerprint density at radius 3 is 1.74 bits per heavy atom. The summed E-state index contributed by atoms with van der Waals surface area (Å²) in [7, 11) is 0. The van der Waals surface area contributed by atoms with Gasteiger partial charge in [0.2, 0.25) is 0 Å². The third-order valence-electron chi connectivity index (χ3n) is 5.86. The van der Waals surface area contributed by atoms with Crippen LogP contribution in [0.2, 0.25) is 10.0 Å². The van der Waals surface area contributed by atoms with E-state index in [9.17, 15) is 14.4 Å². The van der Waals surface area contributed by atoms with E-state index in [0.717, 1.165) is 15.4 Å². The van der Waals surface area contributed by atoms with Crippen molar-refractivity contribution in [2.75, 3.05) is 9.80 Å². The van der Waals surface area contributed by atoms with E-state index in [0.29, 0.717) is 32.7 Å². The van der Waals surface area contributed by atoms with Crippen LogP contribution in [0.25, 0.3) is 6.08 Å². The Bertz CT molecular complexity index is 1470. The number of anilines is 2. The SMILES string of the molecule is O=C1C(=Cc2ccc(OCc3ccc(Cl)c(Cl)c3)cc2)C(=O)N(c2ccccc2)C(=O)N1c1ccccc1. The van der Waals surface area contributed by atoms with Crippen LogP contribution in [0.1, 0.15) is 11.1 Å². The number of hydrogen-bond donors (Lipinski definition) is 0. The summed E-state index contributed by atoms with van der Waals surface area (Å²) >= 11 is 12.0. The lowest BCUT2D eigenvalue weighted by Gasteiger charge is -2.33. The van der Waals surface area contributed by atoms with Crippen molar-refractivity contribution in [2.24, 2.45) is 0 Å². The zero-order chi connectivity index (χ0) is 26.6. The summed E-state index contributed by atoms with van der Waals surface area (Å²) < 4.78 is 5.82. The lowest BCUT2D eigenvalue weighted by Crippen LogP contribution is -2.57. The fourth-order valence-corrected chi connectivity index (χ4v) is 4.28. The van der Waals surface area contributed by atoms with Gasteiger partial charge in [-0.05, 0) is 65.7 Å². The molecule has 5 rings (SSSR count). The van der Waals surface area contributed by atoms with Gasteiger partial charge in [-0.1, -0.05) is 77.8 Å². The van der Waals surface area contributed by atoms with Crippen molar-refractivity contribution in [3.63, 3.8) is 0 Å². The molecule has 0 N–H and O–H groups in total. The number of halogens is 2. The Morgan fingerprint density at radius 1 is 0.658 bits per heavy atom. The molecule has 8 heteroatoms. The number of hydrogen-bond acceptors (Lipinski definition) is 4. The number of carbonyl (C=O) groups is 3. The van der Waals surface area contributed by atoms with E-state index in [1.165, 1.54) is 6.08 Å². The van der Waals surface area contributed by atoms with Crippen molar-refractivity contribution in [2.45, 2.75) is 6.61 Å². The molecule has 1 heterocycles. The van der Waals surface area contributed by atoms with E-state index in [2.05, 4.69) is 0 Å². The molecule has 1 aliphatic rings. The summed E-state index contributed by atoms with van der Waals surface area (Å²) in [5.41, 5.74) is 2.05. The number of para-hydroxylation sites is 2. The first-order valence-electron chi connectivity index (χ1n) is 11.6. The fourth-order valence-electron chi connectivity index (χ4n) is 3.96. The van der Waals surface area contributed by atoms with Gasteiger partial charge in [0.25, 0.3) is 11.8 Å². The fraction of sp³-hybridized carbons (Fsp3) is 0.0333. The van der Waals surface area contributed by atoms with Gasteiger partial charge in [0.15, 0.2) is 0 Å². The molecule has 1 saturated heterocycles. The summed E-state index contributed by atoms with van der Waals surface area (Å²) in [6.07, 6.45) is 1.48. The van der Waals surface area contributed by atoms with Crippen LogP contribution in [0.15, 0.2) is 109 Å². The van der Waals surface area contributed by atoms with Crippen molar-refractivity contribution in [3.8, 4) is 5.75 Å². The average Bonchev–Trinajstić information content (AvgIpc) is 2.94. The van der Waals surface area contributed by atoms with E-state index < -0.39 is 17.8 Å². The van der Waals surface area contributed by atoms with Gasteiger partial charge in [0.1, 0.15) is 17.9 Å². The largest absolute Gasteiger partial charge is 0.489 e. The summed E-state index contributed by atoms with van der Waals surface area (Å²) in [4.78, 5) is 42.3. The molecule has 188 valence electrons. The zero-order valence-corrected chi connectivity index (χ0v) is 21.4. The van der Waals surface area contributed by atoms with Crippen LogP contribution >= 0.6 is 23.2 Å². The normalized spacial score (nSPS) is 13.6. The number of barbiturate groups is 1. The highest BCUT2D eigenvalue weighted by Crippen LogP contribution is 2.30. The molecular weight excluding hydrogens is 523 g/mol. The second kappa shape index (κ2) is 10.9. The number of carbonyl (C=O) groups excluding carboxylic acids is 3. The van der Waals surface area contributed by atoms with Crippen LogP contribution < -0.4 is 14.5 Å². The van der Waals surface area contributed by atoms with Crippen LogP contribution in [0.5, 0.6) is 5.75 Å². The van der Waals surface area contributed by atoms with Gasteiger partial charge in [-0.3, -0.25) is 9.59 Å². The number of rotatable bonds is 6. The summed E-state index contributed by atoms with van der Waals surface area (Å²) in [5, 5.41) is 0.919. The number of amides is 4. The Kier molecular flexibility index (Phi) is 7.26. The quantitative estimate of drug-likeness (QED) is 0.191. The molecule has 0 aliphatic carbocycles. The Morgan fingerprint density at radius 2 is 1.21 bits per heavy atom. The van der Waals surface area contributed by atoms with E-state index in [4.69, 9.17) is 27.9 Å². The number of ether oxygens (including phenoxy) is 1. The van der Waals surface area contributed by atoms with Crippen molar-refractivity contribution >= 4 is 58.5 Å².